The van der Waals surface area contributed by atoms with Crippen LogP contribution in [0.4, 0.5) is 5.69 Å². The van der Waals surface area contributed by atoms with Crippen LogP contribution in [0.1, 0.15) is 60.0 Å². The number of rotatable bonds is 3. The van der Waals surface area contributed by atoms with Crippen molar-refractivity contribution in [2.75, 3.05) is 5.32 Å². The largest absolute Gasteiger partial charge is 0.478 e. The summed E-state index contributed by atoms with van der Waals surface area (Å²) < 4.78 is 0. The van der Waals surface area contributed by atoms with Gasteiger partial charge in [-0.25, -0.2) is 4.79 Å². The van der Waals surface area contributed by atoms with E-state index >= 15 is 0 Å². The van der Waals surface area contributed by atoms with Crippen molar-refractivity contribution in [3.63, 3.8) is 0 Å². The van der Waals surface area contributed by atoms with Crippen molar-refractivity contribution in [3.05, 3.63) is 28.8 Å². The number of hydrogen-bond donors (Lipinski definition) is 2. The summed E-state index contributed by atoms with van der Waals surface area (Å²) in [6, 6.07) is 4.33. The molecular weight excluding hydrogens is 238 g/mol. The van der Waals surface area contributed by atoms with E-state index in [4.69, 9.17) is 0 Å². The molecule has 0 unspecified atom stereocenters. The van der Waals surface area contributed by atoms with Crippen LogP contribution in [-0.2, 0) is 0 Å². The van der Waals surface area contributed by atoms with Gasteiger partial charge in [-0.05, 0) is 49.9 Å². The normalized spacial score (nSPS) is 16.9. The summed E-state index contributed by atoms with van der Waals surface area (Å²) in [5.74, 6) is -0.842. The Kier molecular flexibility index (Phi) is 4.46. The van der Waals surface area contributed by atoms with Crippen LogP contribution >= 0.6 is 0 Å². The zero-order valence-electron chi connectivity index (χ0n) is 11.8. The maximum Gasteiger partial charge on any atom is 0.336 e. The third-order valence-electron chi connectivity index (χ3n) is 4.12. The van der Waals surface area contributed by atoms with Gasteiger partial charge in [0.25, 0.3) is 0 Å². The highest BCUT2D eigenvalue weighted by molar-refractivity contribution is 5.91. The van der Waals surface area contributed by atoms with Gasteiger partial charge in [0.1, 0.15) is 0 Å². The Balaban J connectivity index is 2.17. The average molecular weight is 261 g/mol. The topological polar surface area (TPSA) is 49.3 Å². The van der Waals surface area contributed by atoms with E-state index in [0.717, 1.165) is 16.8 Å². The first-order chi connectivity index (χ1) is 9.08. The molecule has 1 aliphatic carbocycles. The van der Waals surface area contributed by atoms with Crippen LogP contribution in [0.2, 0.25) is 0 Å². The minimum atomic E-state index is -0.842. The molecule has 1 aromatic rings. The van der Waals surface area contributed by atoms with Gasteiger partial charge in [-0.1, -0.05) is 25.7 Å². The summed E-state index contributed by atoms with van der Waals surface area (Å²) in [4.78, 5) is 11.2. The number of aromatic carboxylic acids is 1. The van der Waals surface area contributed by atoms with Crippen molar-refractivity contribution < 1.29 is 9.90 Å². The van der Waals surface area contributed by atoms with E-state index in [-0.39, 0.29) is 0 Å². The molecule has 0 atom stereocenters. The van der Waals surface area contributed by atoms with Crippen molar-refractivity contribution in [1.82, 2.24) is 0 Å². The standard InChI is InChI=1S/C16H23NO2/c1-11-9-14(10-15(12(11)2)16(18)19)17-13-7-5-3-4-6-8-13/h9-10,13,17H,3-8H2,1-2H3,(H,18,19). The highest BCUT2D eigenvalue weighted by atomic mass is 16.4. The molecule has 0 amide bonds. The molecule has 19 heavy (non-hydrogen) atoms. The lowest BCUT2D eigenvalue weighted by atomic mass is 10.0. The molecule has 104 valence electrons. The van der Waals surface area contributed by atoms with Gasteiger partial charge in [-0.15, -0.1) is 0 Å². The lowest BCUT2D eigenvalue weighted by Gasteiger charge is -2.19. The fraction of sp³-hybridized carbons (Fsp3) is 0.562. The summed E-state index contributed by atoms with van der Waals surface area (Å²) in [5.41, 5.74) is 3.26. The summed E-state index contributed by atoms with van der Waals surface area (Å²) >= 11 is 0. The van der Waals surface area contributed by atoms with Crippen LogP contribution in [-0.4, -0.2) is 17.1 Å². The number of hydrogen-bond acceptors (Lipinski definition) is 2. The molecule has 0 saturated heterocycles. The van der Waals surface area contributed by atoms with E-state index in [1.165, 1.54) is 38.5 Å². The highest BCUT2D eigenvalue weighted by Crippen LogP contribution is 2.24. The van der Waals surface area contributed by atoms with Crippen molar-refractivity contribution in [2.24, 2.45) is 0 Å². The number of anilines is 1. The van der Waals surface area contributed by atoms with Gasteiger partial charge >= 0.3 is 5.97 Å². The molecule has 0 aliphatic heterocycles. The molecule has 0 radical (unpaired) electrons. The number of carbonyl (C=O) groups is 1. The van der Waals surface area contributed by atoms with Crippen molar-refractivity contribution in [1.29, 1.82) is 0 Å². The Hall–Kier alpha value is -1.51. The molecule has 2 rings (SSSR count). The number of benzene rings is 1. The second-order valence-corrected chi connectivity index (χ2v) is 5.60. The molecule has 0 heterocycles. The monoisotopic (exact) mass is 261 g/mol. The predicted molar refractivity (Wildman–Crippen MR) is 78.0 cm³/mol. The molecule has 0 spiro atoms. The lowest BCUT2D eigenvalue weighted by molar-refractivity contribution is 0.0696. The number of carboxylic acid groups (broad SMARTS) is 1. The number of aryl methyl sites for hydroxylation is 1. The third kappa shape index (κ3) is 3.49. The molecule has 3 nitrogen and oxygen atoms in total. The minimum absolute atomic E-state index is 0.413. The van der Waals surface area contributed by atoms with Crippen LogP contribution in [0.15, 0.2) is 12.1 Å². The van der Waals surface area contributed by atoms with Gasteiger partial charge in [0.05, 0.1) is 5.56 Å². The first-order valence-electron chi connectivity index (χ1n) is 7.19. The first-order valence-corrected chi connectivity index (χ1v) is 7.19. The second-order valence-electron chi connectivity index (χ2n) is 5.60. The highest BCUT2D eigenvalue weighted by Gasteiger charge is 2.15. The van der Waals surface area contributed by atoms with E-state index in [2.05, 4.69) is 11.4 Å². The third-order valence-corrected chi connectivity index (χ3v) is 4.12. The maximum atomic E-state index is 11.2. The van der Waals surface area contributed by atoms with Crippen LogP contribution in [0, 0.1) is 13.8 Å². The summed E-state index contributed by atoms with van der Waals surface area (Å²) in [6.45, 7) is 3.84. The van der Waals surface area contributed by atoms with Gasteiger partial charge < -0.3 is 10.4 Å². The van der Waals surface area contributed by atoms with E-state index in [0.29, 0.717) is 11.6 Å². The quantitative estimate of drug-likeness (QED) is 0.804. The minimum Gasteiger partial charge on any atom is -0.478 e. The predicted octanol–water partition coefficient (Wildman–Crippen LogP) is 4.14. The Morgan fingerprint density at radius 1 is 1.16 bits per heavy atom. The molecule has 2 N–H and O–H groups in total. The molecule has 0 bridgehead atoms. The smallest absolute Gasteiger partial charge is 0.336 e. The molecule has 0 aromatic heterocycles. The molecular formula is C16H23NO2. The van der Waals surface area contributed by atoms with Crippen LogP contribution in [0.3, 0.4) is 0 Å². The fourth-order valence-corrected chi connectivity index (χ4v) is 2.82. The van der Waals surface area contributed by atoms with Gasteiger partial charge in [-0.2, -0.15) is 0 Å². The molecule has 1 aliphatic rings. The molecule has 1 saturated carbocycles. The Morgan fingerprint density at radius 2 is 1.79 bits per heavy atom. The Morgan fingerprint density at radius 3 is 2.37 bits per heavy atom. The lowest BCUT2D eigenvalue weighted by Crippen LogP contribution is -2.18. The summed E-state index contributed by atoms with van der Waals surface area (Å²) in [6.07, 6.45) is 7.57. The van der Waals surface area contributed by atoms with E-state index in [1.54, 1.807) is 6.07 Å². The van der Waals surface area contributed by atoms with Crippen molar-refractivity contribution in [3.8, 4) is 0 Å². The van der Waals surface area contributed by atoms with Crippen LogP contribution in [0.25, 0.3) is 0 Å². The van der Waals surface area contributed by atoms with E-state index in [1.807, 2.05) is 13.8 Å². The average Bonchev–Trinajstić information content (AvgIpc) is 2.62. The van der Waals surface area contributed by atoms with Gasteiger partial charge in [0.2, 0.25) is 0 Å². The summed E-state index contributed by atoms with van der Waals surface area (Å²) in [5, 5.41) is 12.8. The van der Waals surface area contributed by atoms with E-state index in [9.17, 15) is 9.90 Å². The van der Waals surface area contributed by atoms with Crippen molar-refractivity contribution in [2.45, 2.75) is 58.4 Å². The second kappa shape index (κ2) is 6.09. The fourth-order valence-electron chi connectivity index (χ4n) is 2.82. The van der Waals surface area contributed by atoms with Gasteiger partial charge in [0, 0.05) is 11.7 Å². The van der Waals surface area contributed by atoms with Gasteiger partial charge in [0.15, 0.2) is 0 Å². The van der Waals surface area contributed by atoms with Crippen LogP contribution in [0.5, 0.6) is 0 Å². The van der Waals surface area contributed by atoms with Crippen molar-refractivity contribution >= 4 is 11.7 Å². The van der Waals surface area contributed by atoms with E-state index < -0.39 is 5.97 Å². The molecule has 1 aromatic carbocycles. The Bertz CT molecular complexity index is 460. The SMILES string of the molecule is Cc1cc(NC2CCCCCC2)cc(C(=O)O)c1C. The zero-order valence-corrected chi connectivity index (χ0v) is 11.8. The molecule has 3 heteroatoms. The summed E-state index contributed by atoms with van der Waals surface area (Å²) in [7, 11) is 0. The first kappa shape index (κ1) is 13.9. The van der Waals surface area contributed by atoms with Crippen LogP contribution < -0.4 is 5.32 Å². The zero-order chi connectivity index (χ0) is 13.8. The molecule has 1 fully saturated rings. The Labute approximate surface area is 115 Å². The number of carboxylic acids is 1. The maximum absolute atomic E-state index is 11.2. The number of nitrogens with one attached hydrogen (secondary N) is 1. The van der Waals surface area contributed by atoms with Gasteiger partial charge in [-0.3, -0.25) is 0 Å².